The lowest BCUT2D eigenvalue weighted by molar-refractivity contribution is 0.573. The lowest BCUT2D eigenvalue weighted by atomic mass is 10.2. The number of aryl methyl sites for hydroxylation is 1. The first-order valence-electron chi connectivity index (χ1n) is 5.27. The Hall–Kier alpha value is 0.240. The molecule has 0 aliphatic rings. The van der Waals surface area contributed by atoms with E-state index >= 15 is 0 Å². The zero-order chi connectivity index (χ0) is 13.3. The minimum absolute atomic E-state index is 0.0805. The Bertz CT molecular complexity index is 512. The van der Waals surface area contributed by atoms with Crippen molar-refractivity contribution in [2.45, 2.75) is 13.0 Å². The van der Waals surface area contributed by atoms with Crippen molar-refractivity contribution in [3.05, 3.63) is 29.5 Å². The Kier molecular flexibility index (Phi) is 4.99. The molecule has 98 valence electrons. The second-order valence-corrected chi connectivity index (χ2v) is 7.66. The average molecular weight is 459 g/mol. The fourth-order valence-corrected chi connectivity index (χ4v) is 4.41. The van der Waals surface area contributed by atoms with E-state index in [1.807, 2.05) is 7.05 Å². The Morgan fingerprint density at radius 2 is 2.17 bits per heavy atom. The molecule has 0 aromatic carbocycles. The summed E-state index contributed by atoms with van der Waals surface area (Å²) in [6.45, 7) is 2.96. The highest BCUT2D eigenvalue weighted by Gasteiger charge is 2.23. The molecule has 0 radical (unpaired) electrons. The van der Waals surface area contributed by atoms with E-state index in [9.17, 15) is 0 Å². The van der Waals surface area contributed by atoms with E-state index in [1.54, 1.807) is 16.0 Å². The Labute approximate surface area is 135 Å². The van der Waals surface area contributed by atoms with Gasteiger partial charge in [-0.15, -0.1) is 16.4 Å². The molecule has 2 aromatic heterocycles. The monoisotopic (exact) mass is 456 g/mol. The predicted octanol–water partition coefficient (Wildman–Crippen LogP) is 3.86. The summed E-state index contributed by atoms with van der Waals surface area (Å²) < 4.78 is 4.72. The molecule has 2 rings (SSSR count). The molecule has 1 atom stereocenters. The molecule has 0 aliphatic heterocycles. The summed E-state index contributed by atoms with van der Waals surface area (Å²) in [5.74, 6) is 0. The minimum atomic E-state index is 0.0805. The first kappa shape index (κ1) is 14.6. The van der Waals surface area contributed by atoms with Gasteiger partial charge in [-0.25, -0.2) is 4.68 Å². The van der Waals surface area contributed by atoms with Crippen LogP contribution in [0.4, 0.5) is 0 Å². The molecule has 8 heteroatoms. The predicted molar refractivity (Wildman–Crippen MR) is 83.9 cm³/mol. The Morgan fingerprint density at radius 1 is 1.44 bits per heavy atom. The van der Waals surface area contributed by atoms with Crippen molar-refractivity contribution in [2.24, 2.45) is 7.05 Å². The van der Waals surface area contributed by atoms with Gasteiger partial charge in [-0.2, -0.15) is 0 Å². The maximum absolute atomic E-state index is 4.04. The van der Waals surface area contributed by atoms with Gasteiger partial charge in [0.2, 0.25) is 0 Å². The van der Waals surface area contributed by atoms with Gasteiger partial charge in [-0.1, -0.05) is 12.1 Å². The zero-order valence-electron chi connectivity index (χ0n) is 9.75. The maximum atomic E-state index is 4.04. The Morgan fingerprint density at radius 3 is 2.61 bits per heavy atom. The van der Waals surface area contributed by atoms with Crippen LogP contribution in [-0.4, -0.2) is 21.5 Å². The van der Waals surface area contributed by atoms with E-state index in [1.165, 1.54) is 4.88 Å². The van der Waals surface area contributed by atoms with Crippen LogP contribution in [0, 0.1) is 0 Å². The summed E-state index contributed by atoms with van der Waals surface area (Å²) in [5.41, 5.74) is 1.03. The van der Waals surface area contributed by atoms with Crippen LogP contribution >= 0.6 is 59.1 Å². The highest BCUT2D eigenvalue weighted by atomic mass is 79.9. The van der Waals surface area contributed by atoms with Crippen molar-refractivity contribution in [3.8, 4) is 0 Å². The molecule has 1 N–H and O–H groups in total. The van der Waals surface area contributed by atoms with E-state index in [2.05, 4.69) is 76.4 Å². The maximum Gasteiger partial charge on any atom is 0.153 e. The molecule has 4 nitrogen and oxygen atoms in total. The van der Waals surface area contributed by atoms with Gasteiger partial charge in [0.05, 0.1) is 15.5 Å². The van der Waals surface area contributed by atoms with Crippen LogP contribution in [0.1, 0.15) is 23.5 Å². The van der Waals surface area contributed by atoms with Crippen LogP contribution in [0.15, 0.2) is 18.9 Å². The first-order chi connectivity index (χ1) is 8.54. The lowest BCUT2D eigenvalue weighted by Gasteiger charge is -2.16. The van der Waals surface area contributed by atoms with E-state index < -0.39 is 0 Å². The van der Waals surface area contributed by atoms with Gasteiger partial charge in [0, 0.05) is 16.4 Å². The summed E-state index contributed by atoms with van der Waals surface area (Å²) in [5, 5.41) is 11.5. The Balaban J connectivity index is 2.46. The van der Waals surface area contributed by atoms with Crippen molar-refractivity contribution < 1.29 is 0 Å². The van der Waals surface area contributed by atoms with Gasteiger partial charge in [-0.3, -0.25) is 0 Å². The number of hydrogen-bond acceptors (Lipinski definition) is 4. The summed E-state index contributed by atoms with van der Waals surface area (Å²) in [7, 11) is 1.90. The molecule has 18 heavy (non-hydrogen) atoms. The fourth-order valence-electron chi connectivity index (χ4n) is 1.69. The summed E-state index contributed by atoms with van der Waals surface area (Å²) in [6.07, 6.45) is 0. The highest BCUT2D eigenvalue weighted by molar-refractivity contribution is 9.13. The SMILES string of the molecule is CCNC(c1cc(Br)c(Br)s1)c1c(Br)nnn1C. The number of hydrogen-bond donors (Lipinski definition) is 1. The molecule has 1 unspecified atom stereocenters. The standard InChI is InChI=1S/C10H11Br3N4S/c1-3-14-7(6-4-5(11)10(13)18-6)8-9(12)15-16-17(8)2/h4,7,14H,3H2,1-2H3. The van der Waals surface area contributed by atoms with Crippen molar-refractivity contribution in [1.29, 1.82) is 0 Å². The minimum Gasteiger partial charge on any atom is -0.305 e. The summed E-state index contributed by atoms with van der Waals surface area (Å²) in [4.78, 5) is 1.21. The molecule has 0 saturated carbocycles. The molecule has 2 aromatic rings. The topological polar surface area (TPSA) is 42.7 Å². The van der Waals surface area contributed by atoms with E-state index in [4.69, 9.17) is 0 Å². The summed E-state index contributed by atoms with van der Waals surface area (Å²) in [6, 6.07) is 2.19. The number of rotatable bonds is 4. The van der Waals surface area contributed by atoms with Gasteiger partial charge >= 0.3 is 0 Å². The van der Waals surface area contributed by atoms with Crippen LogP contribution in [0.3, 0.4) is 0 Å². The fraction of sp³-hybridized carbons (Fsp3) is 0.400. The second kappa shape index (κ2) is 6.13. The third kappa shape index (κ3) is 2.87. The number of nitrogens with one attached hydrogen (secondary N) is 1. The molecule has 0 spiro atoms. The molecule has 0 saturated heterocycles. The quantitative estimate of drug-likeness (QED) is 0.756. The van der Waals surface area contributed by atoms with Gasteiger partial charge in [-0.05, 0) is 60.4 Å². The number of aromatic nitrogens is 3. The largest absolute Gasteiger partial charge is 0.305 e. The summed E-state index contributed by atoms with van der Waals surface area (Å²) >= 11 is 12.2. The molecule has 2 heterocycles. The van der Waals surface area contributed by atoms with Crippen LogP contribution < -0.4 is 5.32 Å². The van der Waals surface area contributed by atoms with Gasteiger partial charge in [0.1, 0.15) is 0 Å². The third-order valence-electron chi connectivity index (χ3n) is 2.46. The molecule has 0 fully saturated rings. The third-order valence-corrected chi connectivity index (χ3v) is 6.34. The van der Waals surface area contributed by atoms with Gasteiger partial charge in [0.25, 0.3) is 0 Å². The highest BCUT2D eigenvalue weighted by Crippen LogP contribution is 2.38. The second-order valence-electron chi connectivity index (χ2n) is 3.65. The molecule has 0 bridgehead atoms. The molecule has 0 aliphatic carbocycles. The van der Waals surface area contributed by atoms with E-state index in [0.717, 1.165) is 25.1 Å². The zero-order valence-corrected chi connectivity index (χ0v) is 15.3. The first-order valence-corrected chi connectivity index (χ1v) is 8.47. The number of nitrogens with zero attached hydrogens (tertiary/aromatic N) is 3. The van der Waals surface area contributed by atoms with Gasteiger partial charge < -0.3 is 5.32 Å². The molecular formula is C10H11Br3N4S. The lowest BCUT2D eigenvalue weighted by Crippen LogP contribution is -2.23. The van der Waals surface area contributed by atoms with E-state index in [0.29, 0.717) is 0 Å². The van der Waals surface area contributed by atoms with Crippen LogP contribution in [0.5, 0.6) is 0 Å². The van der Waals surface area contributed by atoms with Gasteiger partial charge in [0.15, 0.2) is 4.60 Å². The van der Waals surface area contributed by atoms with Crippen molar-refractivity contribution in [2.75, 3.05) is 6.54 Å². The molecular weight excluding hydrogens is 448 g/mol. The smallest absolute Gasteiger partial charge is 0.153 e. The average Bonchev–Trinajstić information content (AvgIpc) is 2.81. The normalized spacial score (nSPS) is 12.9. The molecule has 0 amide bonds. The van der Waals surface area contributed by atoms with Crippen LogP contribution in [-0.2, 0) is 7.05 Å². The van der Waals surface area contributed by atoms with Crippen molar-refractivity contribution in [3.63, 3.8) is 0 Å². The number of thiophene rings is 1. The van der Waals surface area contributed by atoms with Crippen LogP contribution in [0.2, 0.25) is 0 Å². The van der Waals surface area contributed by atoms with E-state index in [-0.39, 0.29) is 6.04 Å². The van der Waals surface area contributed by atoms with Crippen molar-refractivity contribution >= 4 is 59.1 Å². The van der Waals surface area contributed by atoms with Crippen molar-refractivity contribution in [1.82, 2.24) is 20.3 Å². The van der Waals surface area contributed by atoms with Crippen LogP contribution in [0.25, 0.3) is 0 Å². The number of halogens is 3.